The number of pyridine rings is 1. The molecule has 0 bridgehead atoms. The number of carbonyl (C=O) groups excluding carboxylic acids is 1. The first-order chi connectivity index (χ1) is 15.0. The summed E-state index contributed by atoms with van der Waals surface area (Å²) in [5, 5.41) is 16.8. The van der Waals surface area contributed by atoms with Crippen molar-refractivity contribution >= 4 is 17.0 Å². The largest absolute Gasteiger partial charge is 0.344 e. The second-order valence-electron chi connectivity index (χ2n) is 8.15. The molecular formula is C22H25N7O2. The van der Waals surface area contributed by atoms with Gasteiger partial charge in [0, 0.05) is 42.7 Å². The molecule has 9 heteroatoms. The van der Waals surface area contributed by atoms with Gasteiger partial charge in [-0.25, -0.2) is 4.98 Å². The highest BCUT2D eigenvalue weighted by atomic mass is 16.5. The number of carbonyl (C=O) groups is 1. The molecule has 1 unspecified atom stereocenters. The molecule has 0 radical (unpaired) electrons. The lowest BCUT2D eigenvalue weighted by Crippen LogP contribution is -2.27. The normalized spacial score (nSPS) is 14.8. The summed E-state index contributed by atoms with van der Waals surface area (Å²) in [7, 11) is 1.86. The monoisotopic (exact) mass is 419 g/mol. The fraction of sp³-hybridized carbons (Fsp3) is 0.409. The Kier molecular flexibility index (Phi) is 4.60. The first-order valence-electron chi connectivity index (χ1n) is 10.6. The maximum absolute atomic E-state index is 13.4. The Balaban J connectivity index is 1.60. The lowest BCUT2D eigenvalue weighted by atomic mass is 10.0. The molecule has 1 atom stereocenters. The van der Waals surface area contributed by atoms with E-state index in [2.05, 4.69) is 25.7 Å². The van der Waals surface area contributed by atoms with Gasteiger partial charge < -0.3 is 9.84 Å². The van der Waals surface area contributed by atoms with Crippen LogP contribution in [0.25, 0.3) is 22.4 Å². The van der Waals surface area contributed by atoms with E-state index in [4.69, 9.17) is 4.52 Å². The topological polar surface area (TPSA) is 104 Å². The highest BCUT2D eigenvalue weighted by molar-refractivity contribution is 6.09. The number of nitrogens with one attached hydrogen (secondary N) is 1. The molecule has 4 heterocycles. The molecule has 1 fully saturated rings. The van der Waals surface area contributed by atoms with Crippen molar-refractivity contribution in [3.05, 3.63) is 47.2 Å². The van der Waals surface area contributed by atoms with Crippen molar-refractivity contribution in [1.29, 1.82) is 0 Å². The fourth-order valence-corrected chi connectivity index (χ4v) is 3.93. The summed E-state index contributed by atoms with van der Waals surface area (Å²) in [5.74, 6) is 0.180. The van der Waals surface area contributed by atoms with Crippen LogP contribution >= 0.6 is 0 Å². The Bertz CT molecular complexity index is 1280. The van der Waals surface area contributed by atoms with Gasteiger partial charge in [-0.15, -0.1) is 0 Å². The Morgan fingerprint density at radius 2 is 2.19 bits per heavy atom. The standard InChI is InChI=1S/C22H25N7O2/c1-5-29-13(3)16(11-23-29)20-19-15(10-18(14-6-7-14)25-22(19)31-27-20)21(30)24-12(2)17-8-9-28(4)26-17/h8-12,14H,5-7H2,1-4H3,(H,24,30). The number of rotatable bonds is 6. The smallest absolute Gasteiger partial charge is 0.259 e. The number of nitrogens with zero attached hydrogens (tertiary/aromatic N) is 6. The zero-order valence-corrected chi connectivity index (χ0v) is 18.1. The van der Waals surface area contributed by atoms with Crippen molar-refractivity contribution in [3.63, 3.8) is 0 Å². The number of amides is 1. The number of aryl methyl sites for hydroxylation is 2. The highest BCUT2D eigenvalue weighted by Crippen LogP contribution is 2.41. The highest BCUT2D eigenvalue weighted by Gasteiger charge is 2.30. The fourth-order valence-electron chi connectivity index (χ4n) is 3.93. The summed E-state index contributed by atoms with van der Waals surface area (Å²) in [6, 6.07) is 3.55. The van der Waals surface area contributed by atoms with Gasteiger partial charge in [-0.1, -0.05) is 5.16 Å². The minimum absolute atomic E-state index is 0.197. The Labute approximate surface area is 179 Å². The molecule has 5 rings (SSSR count). The number of hydrogen-bond acceptors (Lipinski definition) is 6. The molecule has 0 aromatic carbocycles. The van der Waals surface area contributed by atoms with E-state index in [1.807, 2.05) is 50.8 Å². The molecule has 4 aromatic heterocycles. The second kappa shape index (κ2) is 7.33. The van der Waals surface area contributed by atoms with Crippen molar-refractivity contribution in [2.75, 3.05) is 0 Å². The van der Waals surface area contributed by atoms with Crippen LogP contribution in [0.5, 0.6) is 0 Å². The first kappa shape index (κ1) is 19.5. The van der Waals surface area contributed by atoms with Crippen LogP contribution in [0.4, 0.5) is 0 Å². The van der Waals surface area contributed by atoms with E-state index in [0.717, 1.165) is 42.0 Å². The van der Waals surface area contributed by atoms with E-state index >= 15 is 0 Å². The second-order valence-corrected chi connectivity index (χ2v) is 8.15. The van der Waals surface area contributed by atoms with E-state index in [1.165, 1.54) is 0 Å². The van der Waals surface area contributed by atoms with Gasteiger partial charge in [-0.2, -0.15) is 10.2 Å². The van der Waals surface area contributed by atoms with E-state index < -0.39 is 0 Å². The molecule has 160 valence electrons. The summed E-state index contributed by atoms with van der Waals surface area (Å²) in [6.45, 7) is 6.69. The molecule has 9 nitrogen and oxygen atoms in total. The van der Waals surface area contributed by atoms with Gasteiger partial charge in [0.2, 0.25) is 0 Å². The molecular weight excluding hydrogens is 394 g/mol. The summed E-state index contributed by atoms with van der Waals surface area (Å²) in [5.41, 5.74) is 5.00. The van der Waals surface area contributed by atoms with E-state index in [9.17, 15) is 4.79 Å². The molecule has 1 aliphatic carbocycles. The van der Waals surface area contributed by atoms with Crippen molar-refractivity contribution in [3.8, 4) is 11.3 Å². The summed E-state index contributed by atoms with van der Waals surface area (Å²) in [4.78, 5) is 18.1. The predicted octanol–water partition coefficient (Wildman–Crippen LogP) is 3.52. The zero-order chi connectivity index (χ0) is 21.7. The molecule has 31 heavy (non-hydrogen) atoms. The molecule has 4 aromatic rings. The van der Waals surface area contributed by atoms with Crippen LogP contribution < -0.4 is 5.32 Å². The zero-order valence-electron chi connectivity index (χ0n) is 18.1. The number of fused-ring (bicyclic) bond motifs is 1. The van der Waals surface area contributed by atoms with Crippen LogP contribution in [0.3, 0.4) is 0 Å². The average Bonchev–Trinajstić information content (AvgIpc) is 3.21. The third-order valence-corrected chi connectivity index (χ3v) is 5.89. The van der Waals surface area contributed by atoms with Crippen LogP contribution in [0.15, 0.2) is 29.0 Å². The molecule has 0 aliphatic heterocycles. The van der Waals surface area contributed by atoms with Crippen molar-refractivity contribution < 1.29 is 9.32 Å². The van der Waals surface area contributed by atoms with Crippen LogP contribution in [-0.2, 0) is 13.6 Å². The van der Waals surface area contributed by atoms with Crippen LogP contribution in [-0.4, -0.2) is 35.6 Å². The maximum atomic E-state index is 13.4. The Morgan fingerprint density at radius 3 is 2.84 bits per heavy atom. The number of hydrogen-bond donors (Lipinski definition) is 1. The molecule has 1 aliphatic rings. The van der Waals surface area contributed by atoms with Gasteiger partial charge in [-0.05, 0) is 45.7 Å². The minimum atomic E-state index is -0.242. The van der Waals surface area contributed by atoms with E-state index in [0.29, 0.717) is 28.3 Å². The van der Waals surface area contributed by atoms with Gasteiger partial charge in [0.05, 0.1) is 28.9 Å². The Morgan fingerprint density at radius 1 is 1.39 bits per heavy atom. The van der Waals surface area contributed by atoms with Gasteiger partial charge >= 0.3 is 0 Å². The van der Waals surface area contributed by atoms with Gasteiger partial charge in [0.15, 0.2) is 0 Å². The Hall–Kier alpha value is -3.49. The van der Waals surface area contributed by atoms with Crippen LogP contribution in [0.2, 0.25) is 0 Å². The van der Waals surface area contributed by atoms with Crippen LogP contribution in [0, 0.1) is 6.92 Å². The summed E-state index contributed by atoms with van der Waals surface area (Å²) in [6.07, 6.45) is 5.78. The maximum Gasteiger partial charge on any atom is 0.259 e. The van der Waals surface area contributed by atoms with Crippen molar-refractivity contribution in [1.82, 2.24) is 35.0 Å². The van der Waals surface area contributed by atoms with Gasteiger partial charge in [0.1, 0.15) is 5.69 Å². The SMILES string of the molecule is CCn1ncc(-c2noc3nc(C4CC4)cc(C(=O)NC(C)c4ccn(C)n4)c23)c1C. The van der Waals surface area contributed by atoms with Crippen LogP contribution in [0.1, 0.15) is 66.1 Å². The first-order valence-corrected chi connectivity index (χ1v) is 10.6. The number of aromatic nitrogens is 6. The molecule has 1 saturated carbocycles. The lowest BCUT2D eigenvalue weighted by Gasteiger charge is -2.13. The quantitative estimate of drug-likeness (QED) is 0.513. The lowest BCUT2D eigenvalue weighted by molar-refractivity contribution is 0.0940. The molecule has 1 amide bonds. The van der Waals surface area contributed by atoms with Crippen molar-refractivity contribution in [2.24, 2.45) is 7.05 Å². The average molecular weight is 419 g/mol. The van der Waals surface area contributed by atoms with Gasteiger partial charge in [0.25, 0.3) is 11.6 Å². The molecule has 1 N–H and O–H groups in total. The summed E-state index contributed by atoms with van der Waals surface area (Å²) < 4.78 is 9.23. The minimum Gasteiger partial charge on any atom is -0.344 e. The third kappa shape index (κ3) is 3.39. The van der Waals surface area contributed by atoms with Crippen molar-refractivity contribution in [2.45, 2.75) is 52.1 Å². The summed E-state index contributed by atoms with van der Waals surface area (Å²) >= 11 is 0. The van der Waals surface area contributed by atoms with Gasteiger partial charge in [-0.3, -0.25) is 14.2 Å². The predicted molar refractivity (Wildman–Crippen MR) is 115 cm³/mol. The molecule has 0 saturated heterocycles. The van der Waals surface area contributed by atoms with E-state index in [1.54, 1.807) is 10.9 Å². The molecule has 0 spiro atoms. The van der Waals surface area contributed by atoms with E-state index in [-0.39, 0.29) is 11.9 Å². The third-order valence-electron chi connectivity index (χ3n) is 5.89.